The molecule has 0 unspecified atom stereocenters. The minimum absolute atomic E-state index is 0.381. The van der Waals surface area contributed by atoms with Gasteiger partial charge >= 0.3 is 5.97 Å². The molecule has 2 rings (SSSR count). The first-order valence-corrected chi connectivity index (χ1v) is 7.50. The molecule has 108 valence electrons. The second-order valence-electron chi connectivity index (χ2n) is 5.49. The normalized spacial score (nSPS) is 11.3. The minimum atomic E-state index is -0.870. The Kier molecular flexibility index (Phi) is 3.99. The number of nitrogens with zero attached hydrogens (tertiary/aromatic N) is 2. The van der Waals surface area contributed by atoms with Gasteiger partial charge in [-0.25, -0.2) is 9.78 Å². The third-order valence-electron chi connectivity index (χ3n) is 3.28. The van der Waals surface area contributed by atoms with Gasteiger partial charge in [-0.05, 0) is 32.8 Å². The Morgan fingerprint density at radius 1 is 1.40 bits per heavy atom. The van der Waals surface area contributed by atoms with Crippen molar-refractivity contribution in [2.24, 2.45) is 5.92 Å². The highest BCUT2D eigenvalue weighted by Gasteiger charge is 2.21. The largest absolute Gasteiger partial charge is 0.478 e. The third kappa shape index (κ3) is 2.63. The molecule has 0 saturated heterocycles. The number of aromatic nitrogens is 2. The van der Waals surface area contributed by atoms with E-state index < -0.39 is 5.97 Å². The van der Waals surface area contributed by atoms with E-state index in [4.69, 9.17) is 0 Å². The molecule has 0 spiro atoms. The van der Waals surface area contributed by atoms with Gasteiger partial charge in [-0.3, -0.25) is 0 Å². The molecular weight excluding hydrogens is 272 g/mol. The molecule has 2 aromatic rings. The lowest BCUT2D eigenvalue weighted by molar-refractivity contribution is 0.0696. The molecule has 20 heavy (non-hydrogen) atoms. The molecule has 2 aromatic heterocycles. The zero-order valence-corrected chi connectivity index (χ0v) is 13.3. The summed E-state index contributed by atoms with van der Waals surface area (Å²) in [7, 11) is 0. The second kappa shape index (κ2) is 5.40. The lowest BCUT2D eigenvalue weighted by Gasteiger charge is -2.13. The Morgan fingerprint density at radius 3 is 2.50 bits per heavy atom. The molecule has 0 fully saturated rings. The molecule has 4 nitrogen and oxygen atoms in total. The fraction of sp³-hybridized carbons (Fsp3) is 0.467. The number of hydrogen-bond donors (Lipinski definition) is 1. The van der Waals surface area contributed by atoms with Gasteiger partial charge in [-0.15, -0.1) is 11.3 Å². The van der Waals surface area contributed by atoms with E-state index in [1.807, 2.05) is 20.8 Å². The molecule has 0 bridgehead atoms. The Morgan fingerprint density at radius 2 is 2.05 bits per heavy atom. The van der Waals surface area contributed by atoms with Crippen LogP contribution in [0.25, 0.3) is 10.6 Å². The smallest absolute Gasteiger partial charge is 0.337 e. The second-order valence-corrected chi connectivity index (χ2v) is 6.69. The van der Waals surface area contributed by atoms with Crippen LogP contribution in [0.3, 0.4) is 0 Å². The maximum absolute atomic E-state index is 11.4. The Bertz CT molecular complexity index is 653. The van der Waals surface area contributed by atoms with Gasteiger partial charge in [-0.1, -0.05) is 13.8 Å². The van der Waals surface area contributed by atoms with E-state index in [0.717, 1.165) is 33.5 Å². The summed E-state index contributed by atoms with van der Waals surface area (Å²) in [5.41, 5.74) is 3.13. The van der Waals surface area contributed by atoms with E-state index in [2.05, 4.69) is 23.4 Å². The number of aryl methyl sites for hydroxylation is 2. The molecule has 0 saturated carbocycles. The molecule has 2 heterocycles. The molecule has 0 aromatic carbocycles. The molecule has 5 heteroatoms. The van der Waals surface area contributed by atoms with Crippen molar-refractivity contribution in [1.29, 1.82) is 0 Å². The van der Waals surface area contributed by atoms with E-state index in [1.165, 1.54) is 0 Å². The Balaban J connectivity index is 2.64. The van der Waals surface area contributed by atoms with Crippen molar-refractivity contribution in [3.05, 3.63) is 28.0 Å². The summed E-state index contributed by atoms with van der Waals surface area (Å²) in [6.45, 7) is 10.9. The van der Waals surface area contributed by atoms with Crippen LogP contribution in [0.1, 0.15) is 40.6 Å². The molecular formula is C15H20N2O2S. The maximum Gasteiger partial charge on any atom is 0.337 e. The molecule has 0 radical (unpaired) electrons. The van der Waals surface area contributed by atoms with Crippen LogP contribution in [0.4, 0.5) is 0 Å². The van der Waals surface area contributed by atoms with Crippen molar-refractivity contribution in [3.8, 4) is 10.6 Å². The predicted molar refractivity (Wildman–Crippen MR) is 81.5 cm³/mol. The van der Waals surface area contributed by atoms with Crippen molar-refractivity contribution in [2.45, 2.75) is 41.2 Å². The number of thiazole rings is 1. The average molecular weight is 292 g/mol. The van der Waals surface area contributed by atoms with Crippen molar-refractivity contribution in [3.63, 3.8) is 0 Å². The van der Waals surface area contributed by atoms with E-state index in [-0.39, 0.29) is 0 Å². The van der Waals surface area contributed by atoms with Crippen LogP contribution in [-0.4, -0.2) is 20.6 Å². The highest BCUT2D eigenvalue weighted by atomic mass is 32.1. The first-order chi connectivity index (χ1) is 9.31. The van der Waals surface area contributed by atoms with Crippen LogP contribution < -0.4 is 0 Å². The van der Waals surface area contributed by atoms with E-state index in [0.29, 0.717) is 11.5 Å². The van der Waals surface area contributed by atoms with Crippen molar-refractivity contribution < 1.29 is 9.90 Å². The van der Waals surface area contributed by atoms with Gasteiger partial charge in [0, 0.05) is 12.2 Å². The first-order valence-electron chi connectivity index (χ1n) is 6.69. The number of carboxylic acid groups (broad SMARTS) is 1. The van der Waals surface area contributed by atoms with Crippen LogP contribution in [0.5, 0.6) is 0 Å². The van der Waals surface area contributed by atoms with Gasteiger partial charge in [0.15, 0.2) is 0 Å². The maximum atomic E-state index is 11.4. The fourth-order valence-corrected chi connectivity index (χ4v) is 3.36. The summed E-state index contributed by atoms with van der Waals surface area (Å²) in [5.74, 6) is -0.416. The summed E-state index contributed by atoms with van der Waals surface area (Å²) in [6.07, 6.45) is 0. The number of carbonyl (C=O) groups is 1. The zero-order valence-electron chi connectivity index (χ0n) is 12.5. The predicted octanol–water partition coefficient (Wildman–Crippen LogP) is 3.89. The first kappa shape index (κ1) is 14.8. The summed E-state index contributed by atoms with van der Waals surface area (Å²) >= 11 is 1.62. The van der Waals surface area contributed by atoms with Crippen LogP contribution in [-0.2, 0) is 6.54 Å². The molecule has 0 aliphatic heterocycles. The summed E-state index contributed by atoms with van der Waals surface area (Å²) in [5, 5.41) is 10.3. The van der Waals surface area contributed by atoms with Crippen LogP contribution in [0.2, 0.25) is 0 Å². The lowest BCUT2D eigenvalue weighted by Crippen LogP contribution is -2.09. The Hall–Kier alpha value is -1.62. The highest BCUT2D eigenvalue weighted by molar-refractivity contribution is 7.15. The third-order valence-corrected chi connectivity index (χ3v) is 4.38. The molecule has 0 aliphatic carbocycles. The zero-order chi connectivity index (χ0) is 15.0. The van der Waals surface area contributed by atoms with Gasteiger partial charge in [0.2, 0.25) is 0 Å². The fourth-order valence-electron chi connectivity index (χ4n) is 2.42. The number of hydrogen-bond acceptors (Lipinski definition) is 3. The quantitative estimate of drug-likeness (QED) is 0.930. The number of rotatable bonds is 4. The average Bonchev–Trinajstić information content (AvgIpc) is 2.80. The topological polar surface area (TPSA) is 55.1 Å². The van der Waals surface area contributed by atoms with Gasteiger partial charge in [0.25, 0.3) is 0 Å². The standard InChI is InChI=1S/C15H20N2O2S/c1-8(2)7-17-10(4)12(15(18)19)6-13(17)14-9(3)16-11(5)20-14/h6,8H,7H2,1-5H3,(H,18,19). The molecule has 0 aliphatic rings. The van der Waals surface area contributed by atoms with Crippen molar-refractivity contribution in [2.75, 3.05) is 0 Å². The number of carboxylic acids is 1. The molecule has 0 amide bonds. The lowest BCUT2D eigenvalue weighted by atomic mass is 10.2. The molecule has 1 N–H and O–H groups in total. The van der Waals surface area contributed by atoms with Crippen LogP contribution in [0.15, 0.2) is 6.07 Å². The molecule has 0 atom stereocenters. The van der Waals surface area contributed by atoms with Gasteiger partial charge < -0.3 is 9.67 Å². The summed E-state index contributed by atoms with van der Waals surface area (Å²) in [6, 6.07) is 1.78. The monoisotopic (exact) mass is 292 g/mol. The van der Waals surface area contributed by atoms with Crippen molar-refractivity contribution >= 4 is 17.3 Å². The minimum Gasteiger partial charge on any atom is -0.478 e. The van der Waals surface area contributed by atoms with Crippen LogP contribution in [0, 0.1) is 26.7 Å². The SMILES string of the molecule is Cc1nc(C)c(-c2cc(C(=O)O)c(C)n2CC(C)C)s1. The van der Waals surface area contributed by atoms with E-state index in [9.17, 15) is 9.90 Å². The summed E-state index contributed by atoms with van der Waals surface area (Å²) < 4.78 is 2.11. The van der Waals surface area contributed by atoms with Gasteiger partial charge in [0.1, 0.15) is 0 Å². The van der Waals surface area contributed by atoms with Crippen LogP contribution >= 0.6 is 11.3 Å². The van der Waals surface area contributed by atoms with Gasteiger partial charge in [-0.2, -0.15) is 0 Å². The van der Waals surface area contributed by atoms with E-state index in [1.54, 1.807) is 17.4 Å². The van der Waals surface area contributed by atoms with E-state index >= 15 is 0 Å². The Labute approximate surface area is 123 Å². The highest BCUT2D eigenvalue weighted by Crippen LogP contribution is 2.33. The van der Waals surface area contributed by atoms with Crippen molar-refractivity contribution in [1.82, 2.24) is 9.55 Å². The number of aromatic carboxylic acids is 1. The summed E-state index contributed by atoms with van der Waals surface area (Å²) in [4.78, 5) is 16.9. The van der Waals surface area contributed by atoms with Gasteiger partial charge in [0.05, 0.1) is 26.8 Å².